The third-order valence-electron chi connectivity index (χ3n) is 6.28. The number of benzene rings is 3. The van der Waals surface area contributed by atoms with Gasteiger partial charge >= 0.3 is 5.97 Å². The molecule has 1 aliphatic rings. The van der Waals surface area contributed by atoms with E-state index in [1.807, 2.05) is 12.1 Å². The first-order valence-electron chi connectivity index (χ1n) is 10.8. The van der Waals surface area contributed by atoms with Crippen molar-refractivity contribution in [2.45, 2.75) is 31.1 Å². The molecule has 6 nitrogen and oxygen atoms in total. The number of primary amides is 1. The first kappa shape index (κ1) is 22.1. The summed E-state index contributed by atoms with van der Waals surface area (Å²) >= 11 is 0. The lowest BCUT2D eigenvalue weighted by Gasteiger charge is -2.32. The predicted molar refractivity (Wildman–Crippen MR) is 122 cm³/mol. The van der Waals surface area contributed by atoms with Crippen LogP contribution in [0.2, 0.25) is 0 Å². The van der Waals surface area contributed by atoms with Crippen molar-refractivity contribution in [3.63, 3.8) is 0 Å². The lowest BCUT2D eigenvalue weighted by Crippen LogP contribution is -2.31. The topological polar surface area (TPSA) is 115 Å². The Bertz CT molecular complexity index is 1250. The van der Waals surface area contributed by atoms with Crippen LogP contribution in [0.4, 0.5) is 0 Å². The molecule has 0 spiro atoms. The van der Waals surface area contributed by atoms with Gasteiger partial charge in [-0.2, -0.15) is 0 Å². The van der Waals surface area contributed by atoms with Crippen LogP contribution >= 0.6 is 0 Å². The van der Waals surface area contributed by atoms with Gasteiger partial charge in [-0.25, -0.2) is 4.79 Å². The number of rotatable bonds is 7. The number of hydrogen-bond donors (Lipinski definition) is 2. The Kier molecular flexibility index (Phi) is 6.18. The van der Waals surface area contributed by atoms with Crippen LogP contribution in [0.25, 0.3) is 0 Å². The van der Waals surface area contributed by atoms with Crippen molar-refractivity contribution in [1.29, 1.82) is 0 Å². The number of carboxylic acid groups (broad SMARTS) is 1. The van der Waals surface area contributed by atoms with Crippen LogP contribution < -0.4 is 5.73 Å². The van der Waals surface area contributed by atoms with E-state index >= 15 is 0 Å². The van der Waals surface area contributed by atoms with Crippen LogP contribution in [-0.2, 0) is 16.0 Å². The first-order chi connectivity index (χ1) is 15.9. The fourth-order valence-electron chi connectivity index (χ4n) is 4.85. The molecule has 0 aliphatic heterocycles. The van der Waals surface area contributed by atoms with Crippen molar-refractivity contribution in [1.82, 2.24) is 0 Å². The average Bonchev–Trinajstić information content (AvgIpc) is 2.83. The van der Waals surface area contributed by atoms with Gasteiger partial charge in [-0.3, -0.25) is 14.4 Å². The van der Waals surface area contributed by atoms with Crippen molar-refractivity contribution in [3.05, 3.63) is 106 Å². The van der Waals surface area contributed by atoms with Gasteiger partial charge in [-0.1, -0.05) is 72.8 Å². The molecular formula is C27H23NO5. The number of amides is 1. The lowest BCUT2D eigenvalue weighted by molar-refractivity contribution is -0.131. The smallest absolute Gasteiger partial charge is 0.377 e. The quantitative estimate of drug-likeness (QED) is 0.427. The third-order valence-corrected chi connectivity index (χ3v) is 6.28. The number of nitrogens with two attached hydrogens (primary N) is 1. The summed E-state index contributed by atoms with van der Waals surface area (Å²) in [6, 6.07) is 20.7. The number of carbonyl (C=O) groups excluding carboxylic acids is 3. The van der Waals surface area contributed by atoms with Crippen LogP contribution in [0.15, 0.2) is 72.8 Å². The molecule has 3 aromatic rings. The number of fused-ring (bicyclic) bond motifs is 1. The Hall–Kier alpha value is -4.06. The second kappa shape index (κ2) is 9.20. The summed E-state index contributed by atoms with van der Waals surface area (Å²) in [6.45, 7) is 0. The summed E-state index contributed by atoms with van der Waals surface area (Å²) in [5.74, 6) is -4.45. The number of ketones is 2. The number of aliphatic carboxylic acids is 1. The molecule has 166 valence electrons. The normalized spacial score (nSPS) is 15.8. The summed E-state index contributed by atoms with van der Waals surface area (Å²) in [7, 11) is 0. The van der Waals surface area contributed by atoms with Crippen LogP contribution in [0.5, 0.6) is 0 Å². The van der Waals surface area contributed by atoms with E-state index in [-0.39, 0.29) is 17.3 Å². The molecule has 0 fully saturated rings. The Morgan fingerprint density at radius 3 is 2.21 bits per heavy atom. The molecule has 0 saturated carbocycles. The molecule has 1 amide bonds. The van der Waals surface area contributed by atoms with Crippen molar-refractivity contribution >= 4 is 23.4 Å². The maximum Gasteiger partial charge on any atom is 0.377 e. The number of carbonyl (C=O) groups is 4. The molecular weight excluding hydrogens is 418 g/mol. The predicted octanol–water partition coefficient (Wildman–Crippen LogP) is 3.87. The van der Waals surface area contributed by atoms with Crippen LogP contribution in [-0.4, -0.2) is 28.5 Å². The third kappa shape index (κ3) is 4.20. The van der Waals surface area contributed by atoms with E-state index in [4.69, 9.17) is 5.73 Å². The van der Waals surface area contributed by atoms with Gasteiger partial charge in [0.05, 0.1) is 5.92 Å². The molecule has 0 saturated heterocycles. The molecule has 6 heteroatoms. The summed E-state index contributed by atoms with van der Waals surface area (Å²) in [4.78, 5) is 49.7. The molecule has 3 aromatic carbocycles. The zero-order valence-corrected chi connectivity index (χ0v) is 17.9. The summed E-state index contributed by atoms with van der Waals surface area (Å²) in [5.41, 5.74) is 8.85. The second-order valence-corrected chi connectivity index (χ2v) is 8.17. The highest BCUT2D eigenvalue weighted by Gasteiger charge is 2.36. The van der Waals surface area contributed by atoms with Gasteiger partial charge in [-0.05, 0) is 41.9 Å². The Labute approximate surface area is 191 Å². The molecule has 0 heterocycles. The summed E-state index contributed by atoms with van der Waals surface area (Å²) in [5, 5.41) is 9.22. The van der Waals surface area contributed by atoms with Gasteiger partial charge in [0.15, 0.2) is 5.78 Å². The van der Waals surface area contributed by atoms with E-state index < -0.39 is 23.6 Å². The van der Waals surface area contributed by atoms with E-state index in [1.54, 1.807) is 54.6 Å². The average molecular weight is 441 g/mol. The SMILES string of the molecule is NC(=O)C(c1ccccc1C(=O)c1ccccc1)C1CCCc2c(C(=O)C(=O)O)cccc21. The van der Waals surface area contributed by atoms with Gasteiger partial charge in [0.2, 0.25) is 5.91 Å². The molecule has 2 atom stereocenters. The first-order valence-corrected chi connectivity index (χ1v) is 10.8. The molecule has 3 N–H and O–H groups in total. The maximum atomic E-state index is 13.3. The van der Waals surface area contributed by atoms with E-state index in [0.717, 1.165) is 5.56 Å². The van der Waals surface area contributed by atoms with Gasteiger partial charge in [0.1, 0.15) is 0 Å². The summed E-state index contributed by atoms with van der Waals surface area (Å²) in [6.07, 6.45) is 1.83. The molecule has 2 unspecified atom stereocenters. The monoisotopic (exact) mass is 441 g/mol. The molecule has 0 aromatic heterocycles. The van der Waals surface area contributed by atoms with Gasteiger partial charge < -0.3 is 10.8 Å². The number of Topliss-reactive ketones (excluding diaryl/α,β-unsaturated/α-hetero) is 1. The largest absolute Gasteiger partial charge is 0.475 e. The molecule has 0 bridgehead atoms. The molecule has 1 aliphatic carbocycles. The number of hydrogen-bond acceptors (Lipinski definition) is 4. The fourth-order valence-corrected chi connectivity index (χ4v) is 4.85. The molecule has 4 rings (SSSR count). The van der Waals surface area contributed by atoms with Crippen LogP contribution in [0.3, 0.4) is 0 Å². The van der Waals surface area contributed by atoms with E-state index in [9.17, 15) is 24.3 Å². The van der Waals surface area contributed by atoms with E-state index in [0.29, 0.717) is 41.5 Å². The van der Waals surface area contributed by atoms with Crippen molar-refractivity contribution in [3.8, 4) is 0 Å². The standard InChI is InChI=1S/C27H23NO5/c28-26(31)23(20-10-4-5-11-22(20)24(29)16-8-2-1-3-9-16)19-14-6-13-18-17(19)12-7-15-21(18)25(30)27(32)33/h1-5,7-12,15,19,23H,6,13-14H2,(H2,28,31)(H,32,33). The zero-order valence-electron chi connectivity index (χ0n) is 17.9. The Balaban J connectivity index is 1.83. The minimum absolute atomic E-state index is 0.140. The minimum Gasteiger partial charge on any atom is -0.475 e. The van der Waals surface area contributed by atoms with E-state index in [2.05, 4.69) is 0 Å². The maximum absolute atomic E-state index is 13.3. The molecule has 0 radical (unpaired) electrons. The van der Waals surface area contributed by atoms with E-state index in [1.165, 1.54) is 6.07 Å². The van der Waals surface area contributed by atoms with Crippen LogP contribution in [0.1, 0.15) is 67.6 Å². The van der Waals surface area contributed by atoms with Crippen LogP contribution in [0, 0.1) is 0 Å². The van der Waals surface area contributed by atoms with Gasteiger partial charge in [0.25, 0.3) is 5.78 Å². The van der Waals surface area contributed by atoms with Crippen molar-refractivity contribution in [2.75, 3.05) is 0 Å². The van der Waals surface area contributed by atoms with Crippen molar-refractivity contribution < 1.29 is 24.3 Å². The Morgan fingerprint density at radius 2 is 1.52 bits per heavy atom. The lowest BCUT2D eigenvalue weighted by atomic mass is 9.70. The highest BCUT2D eigenvalue weighted by atomic mass is 16.4. The highest BCUT2D eigenvalue weighted by Crippen LogP contribution is 2.43. The molecule has 33 heavy (non-hydrogen) atoms. The number of carboxylic acids is 1. The van der Waals surface area contributed by atoms with Gasteiger partial charge in [-0.15, -0.1) is 0 Å². The zero-order chi connectivity index (χ0) is 23.5. The van der Waals surface area contributed by atoms with Crippen molar-refractivity contribution in [2.24, 2.45) is 5.73 Å². The fraction of sp³-hybridized carbons (Fsp3) is 0.185. The second-order valence-electron chi connectivity index (χ2n) is 8.17. The minimum atomic E-state index is -1.52. The highest BCUT2D eigenvalue weighted by molar-refractivity contribution is 6.40. The Morgan fingerprint density at radius 1 is 0.848 bits per heavy atom. The summed E-state index contributed by atoms with van der Waals surface area (Å²) < 4.78 is 0. The van der Waals surface area contributed by atoms with Gasteiger partial charge in [0, 0.05) is 16.7 Å².